The Bertz CT molecular complexity index is 1010. The topological polar surface area (TPSA) is 75.7 Å². The van der Waals surface area contributed by atoms with Crippen molar-refractivity contribution in [2.75, 3.05) is 25.1 Å². The van der Waals surface area contributed by atoms with Gasteiger partial charge in [-0.05, 0) is 54.9 Å². The molecule has 1 heterocycles. The van der Waals surface area contributed by atoms with Gasteiger partial charge < -0.3 is 9.64 Å². The van der Waals surface area contributed by atoms with E-state index < -0.39 is 22.8 Å². The van der Waals surface area contributed by atoms with Crippen LogP contribution in [0, 0.1) is 0 Å². The van der Waals surface area contributed by atoms with Crippen molar-refractivity contribution in [3.05, 3.63) is 59.2 Å². The van der Waals surface area contributed by atoms with Crippen LogP contribution in [0.25, 0.3) is 0 Å². The van der Waals surface area contributed by atoms with Crippen LogP contribution in [-0.2, 0) is 27.8 Å². The van der Waals surface area contributed by atoms with Crippen LogP contribution in [0.4, 0.5) is 18.9 Å². The molecule has 0 aliphatic carbocycles. The fraction of sp³-hybridized carbons (Fsp3) is 0.316. The number of hydrogen-bond acceptors (Lipinski definition) is 4. The summed E-state index contributed by atoms with van der Waals surface area (Å²) >= 11 is 0. The minimum atomic E-state index is -4.38. The minimum absolute atomic E-state index is 0.135. The number of rotatable bonds is 6. The number of carbonyl (C=O) groups is 1. The maximum absolute atomic E-state index is 12.8. The second-order valence-electron chi connectivity index (χ2n) is 6.51. The van der Waals surface area contributed by atoms with Gasteiger partial charge in [0.1, 0.15) is 6.61 Å². The maximum Gasteiger partial charge on any atom is 0.411 e. The second kappa shape index (κ2) is 8.13. The summed E-state index contributed by atoms with van der Waals surface area (Å²) in [5.74, 6) is -0.268. The van der Waals surface area contributed by atoms with Crippen LogP contribution in [0.2, 0.25) is 0 Å². The minimum Gasteiger partial charge on any atom is -0.367 e. The van der Waals surface area contributed by atoms with E-state index in [-0.39, 0.29) is 17.4 Å². The van der Waals surface area contributed by atoms with Gasteiger partial charge in [-0.2, -0.15) is 13.2 Å². The molecule has 0 atom stereocenters. The van der Waals surface area contributed by atoms with Gasteiger partial charge in [0.15, 0.2) is 0 Å². The van der Waals surface area contributed by atoms with Crippen molar-refractivity contribution in [1.29, 1.82) is 0 Å². The zero-order valence-electron chi connectivity index (χ0n) is 15.5. The fourth-order valence-corrected chi connectivity index (χ4v) is 3.84. The van der Waals surface area contributed by atoms with Crippen LogP contribution >= 0.6 is 0 Å². The third-order valence-corrected chi connectivity index (χ3v) is 5.92. The number of halogens is 3. The molecule has 1 N–H and O–H groups in total. The first-order valence-corrected chi connectivity index (χ1v) is 10.2. The molecule has 1 aliphatic heterocycles. The Morgan fingerprint density at radius 2 is 1.86 bits per heavy atom. The van der Waals surface area contributed by atoms with Crippen molar-refractivity contribution in [3.8, 4) is 0 Å². The van der Waals surface area contributed by atoms with E-state index >= 15 is 0 Å². The first kappa shape index (κ1) is 21.3. The maximum atomic E-state index is 12.8. The van der Waals surface area contributed by atoms with Crippen molar-refractivity contribution in [2.45, 2.75) is 24.1 Å². The number of ether oxygens (including phenoxy) is 1. The highest BCUT2D eigenvalue weighted by Gasteiger charge is 2.28. The van der Waals surface area contributed by atoms with Crippen molar-refractivity contribution in [2.24, 2.45) is 0 Å². The van der Waals surface area contributed by atoms with E-state index in [9.17, 15) is 26.4 Å². The number of fused-ring (bicyclic) bond motifs is 1. The van der Waals surface area contributed by atoms with Crippen molar-refractivity contribution < 1.29 is 31.1 Å². The summed E-state index contributed by atoms with van der Waals surface area (Å²) in [7, 11) is -2.24. The number of alkyl halides is 3. The number of amides is 1. The number of hydrogen-bond donors (Lipinski definition) is 1. The number of anilines is 1. The molecule has 0 bridgehead atoms. The Kier molecular flexibility index (Phi) is 5.97. The highest BCUT2D eigenvalue weighted by molar-refractivity contribution is 7.89. The summed E-state index contributed by atoms with van der Waals surface area (Å²) in [5, 5.41) is 0. The summed E-state index contributed by atoms with van der Waals surface area (Å²) in [6, 6.07) is 10.8. The van der Waals surface area contributed by atoms with Gasteiger partial charge in [0, 0.05) is 17.8 Å². The lowest BCUT2D eigenvalue weighted by Crippen LogP contribution is -2.28. The monoisotopic (exact) mass is 428 g/mol. The lowest BCUT2D eigenvalue weighted by atomic mass is 10.1. The predicted molar refractivity (Wildman–Crippen MR) is 100 cm³/mol. The van der Waals surface area contributed by atoms with Crippen LogP contribution in [0.15, 0.2) is 47.4 Å². The first-order chi connectivity index (χ1) is 13.6. The van der Waals surface area contributed by atoms with Crippen LogP contribution < -0.4 is 9.62 Å². The van der Waals surface area contributed by atoms with Gasteiger partial charge in [-0.1, -0.05) is 12.1 Å². The molecule has 0 unspecified atom stereocenters. The third-order valence-electron chi connectivity index (χ3n) is 4.51. The lowest BCUT2D eigenvalue weighted by molar-refractivity contribution is -0.176. The van der Waals surface area contributed by atoms with E-state index in [1.54, 1.807) is 29.2 Å². The SMILES string of the molecule is CNS(=O)(=O)c1ccc2c(c1)CCN2C(=O)c1ccc(COCC(F)(F)F)cc1. The number of nitrogens with one attached hydrogen (secondary N) is 1. The molecule has 156 valence electrons. The Morgan fingerprint density at radius 3 is 2.48 bits per heavy atom. The summed E-state index contributed by atoms with van der Waals surface area (Å²) in [4.78, 5) is 14.5. The zero-order chi connectivity index (χ0) is 21.2. The van der Waals surface area contributed by atoms with Crippen LogP contribution in [0.5, 0.6) is 0 Å². The second-order valence-corrected chi connectivity index (χ2v) is 8.40. The molecule has 10 heteroatoms. The molecule has 0 radical (unpaired) electrons. The molecule has 29 heavy (non-hydrogen) atoms. The zero-order valence-corrected chi connectivity index (χ0v) is 16.3. The van der Waals surface area contributed by atoms with Gasteiger partial charge in [-0.3, -0.25) is 4.79 Å². The number of nitrogens with zero attached hydrogens (tertiary/aromatic N) is 1. The van der Waals surface area contributed by atoms with Crippen LogP contribution in [0.3, 0.4) is 0 Å². The summed E-state index contributed by atoms with van der Waals surface area (Å²) in [6.45, 7) is -1.12. The standard InChI is InChI=1S/C19H19F3N2O4S/c1-23-29(26,27)16-6-7-17-15(10-16)8-9-24(17)18(25)14-4-2-13(3-5-14)11-28-12-19(20,21)22/h2-7,10,23H,8-9,11-12H2,1H3. The average molecular weight is 428 g/mol. The van der Waals surface area contributed by atoms with E-state index in [1.807, 2.05) is 0 Å². The van der Waals surface area contributed by atoms with E-state index in [0.717, 1.165) is 5.56 Å². The molecular weight excluding hydrogens is 409 g/mol. The van der Waals surface area contributed by atoms with Crippen molar-refractivity contribution in [3.63, 3.8) is 0 Å². The first-order valence-electron chi connectivity index (χ1n) is 8.72. The summed E-state index contributed by atoms with van der Waals surface area (Å²) in [6.07, 6.45) is -3.86. The molecule has 0 saturated carbocycles. The van der Waals surface area contributed by atoms with Gasteiger partial charge in [0.05, 0.1) is 11.5 Å². The normalized spacial score (nSPS) is 14.1. The fourth-order valence-electron chi connectivity index (χ4n) is 3.06. The Hall–Kier alpha value is -2.43. The van der Waals surface area contributed by atoms with Crippen molar-refractivity contribution >= 4 is 21.6 Å². The van der Waals surface area contributed by atoms with Gasteiger partial charge >= 0.3 is 6.18 Å². The van der Waals surface area contributed by atoms with Crippen molar-refractivity contribution in [1.82, 2.24) is 4.72 Å². The third kappa shape index (κ3) is 4.95. The smallest absolute Gasteiger partial charge is 0.367 e. The van der Waals surface area contributed by atoms with Crippen LogP contribution in [0.1, 0.15) is 21.5 Å². The van der Waals surface area contributed by atoms with Gasteiger partial charge in [0.2, 0.25) is 10.0 Å². The van der Waals surface area contributed by atoms with Gasteiger partial charge in [0.25, 0.3) is 5.91 Å². The Morgan fingerprint density at radius 1 is 1.17 bits per heavy atom. The molecule has 6 nitrogen and oxygen atoms in total. The van der Waals surface area contributed by atoms with Gasteiger partial charge in [-0.25, -0.2) is 13.1 Å². The number of sulfonamides is 1. The summed E-state index contributed by atoms with van der Waals surface area (Å²) in [5.41, 5.74) is 2.30. The Balaban J connectivity index is 1.71. The van der Waals surface area contributed by atoms with E-state index in [2.05, 4.69) is 9.46 Å². The summed E-state index contributed by atoms with van der Waals surface area (Å²) < 4.78 is 67.1. The highest BCUT2D eigenvalue weighted by atomic mass is 32.2. The number of benzene rings is 2. The lowest BCUT2D eigenvalue weighted by Gasteiger charge is -2.18. The Labute approximate surface area is 166 Å². The molecule has 1 amide bonds. The van der Waals surface area contributed by atoms with E-state index in [4.69, 9.17) is 0 Å². The molecule has 0 fully saturated rings. The molecule has 2 aromatic carbocycles. The number of carbonyl (C=O) groups excluding carboxylic acids is 1. The highest BCUT2D eigenvalue weighted by Crippen LogP contribution is 2.31. The molecule has 1 aliphatic rings. The molecule has 2 aromatic rings. The van der Waals surface area contributed by atoms with Crippen LogP contribution in [-0.4, -0.2) is 40.7 Å². The molecule has 3 rings (SSSR count). The predicted octanol–water partition coefficient (Wildman–Crippen LogP) is 2.88. The molecule has 0 aromatic heterocycles. The van der Waals surface area contributed by atoms with E-state index in [1.165, 1.54) is 25.2 Å². The molecular formula is C19H19F3N2O4S. The van der Waals surface area contributed by atoms with E-state index in [0.29, 0.717) is 29.8 Å². The largest absolute Gasteiger partial charge is 0.411 e. The average Bonchev–Trinajstić information content (AvgIpc) is 3.10. The molecule has 0 spiro atoms. The quantitative estimate of drug-likeness (QED) is 0.768. The van der Waals surface area contributed by atoms with Gasteiger partial charge in [-0.15, -0.1) is 0 Å². The molecule has 0 saturated heterocycles.